The van der Waals surface area contributed by atoms with Crippen molar-refractivity contribution < 1.29 is 67.1 Å². The summed E-state index contributed by atoms with van der Waals surface area (Å²) in [5, 5.41) is 56.1. The molecule has 290 valence electrons. The van der Waals surface area contributed by atoms with Crippen molar-refractivity contribution in [1.29, 1.82) is 0 Å². The molecule has 0 saturated carbocycles. The minimum absolute atomic E-state index is 0.0202. The standard InChI is InChI=1S/C27H37N9O15P2/c1-10-3-12-13(4-11(10)2)35(24-18(32-12)25(42)34-27(43)33-24)5-14(37)19(39)15(38)6-48-52(44,45)51-53(46,47)49-7-16-20(40)21(41)26(50-16)36-9-31-17-22(28)29-8-30-23(17)36/h3-4,14-16,19-22,26,29,37-41H,5-9,28H2,1-2H3,(H3,34,42,43,44,45,46,47)/p+1/t14-,15+,16+,19-,20+,21+,22+,26+/m0/s1. The molecule has 1 aromatic carbocycles. The first kappa shape index (κ1) is 39.3. The van der Waals surface area contributed by atoms with E-state index in [0.29, 0.717) is 22.6 Å². The topological polar surface area (TPSA) is 361 Å². The predicted molar refractivity (Wildman–Crippen MR) is 179 cm³/mol. The molecule has 0 radical (unpaired) electrons. The normalized spacial score (nSPS) is 27.2. The number of phosphoric ester groups is 2. The zero-order chi connectivity index (χ0) is 38.6. The summed E-state index contributed by atoms with van der Waals surface area (Å²) in [6, 6.07) is 3.34. The lowest BCUT2D eigenvalue weighted by Gasteiger charge is -2.30. The van der Waals surface area contributed by atoms with Gasteiger partial charge in [-0.1, -0.05) is 0 Å². The highest BCUT2D eigenvalue weighted by molar-refractivity contribution is 7.61. The van der Waals surface area contributed by atoms with Gasteiger partial charge in [-0.2, -0.15) is 9.29 Å². The van der Waals surface area contributed by atoms with Crippen molar-refractivity contribution in [2.24, 2.45) is 15.7 Å². The maximum absolute atomic E-state index is 12.6. The lowest BCUT2D eigenvalue weighted by molar-refractivity contribution is -0.657. The van der Waals surface area contributed by atoms with E-state index in [1.165, 1.54) is 9.47 Å². The number of rotatable bonds is 13. The summed E-state index contributed by atoms with van der Waals surface area (Å²) >= 11 is 0. The molecule has 3 aliphatic rings. The lowest BCUT2D eigenvalue weighted by atomic mass is 10.1. The second kappa shape index (κ2) is 15.0. The second-order valence-electron chi connectivity index (χ2n) is 12.5. The highest BCUT2D eigenvalue weighted by Gasteiger charge is 2.50. The summed E-state index contributed by atoms with van der Waals surface area (Å²) in [6.07, 6.45) is -12.6. The molecule has 2 unspecified atom stereocenters. The molecule has 0 bridgehead atoms. The third kappa shape index (κ3) is 8.17. The molecule has 1 fully saturated rings. The number of aliphatic hydroxyl groups is 5. The fraction of sp³-hybridized carbons (Fsp3) is 0.556. The number of hydrogen-bond acceptors (Lipinski definition) is 19. The van der Waals surface area contributed by atoms with Gasteiger partial charge >= 0.3 is 27.0 Å². The molecule has 1 saturated heterocycles. The van der Waals surface area contributed by atoms with Crippen LogP contribution in [-0.2, 0) is 33.8 Å². The number of ether oxygens (including phenoxy) is 1. The smallest absolute Gasteiger partial charge is 0.388 e. The van der Waals surface area contributed by atoms with Gasteiger partial charge in [0, 0.05) is 0 Å². The van der Waals surface area contributed by atoms with Crippen LogP contribution < -0.4 is 26.9 Å². The molecule has 0 spiro atoms. The summed E-state index contributed by atoms with van der Waals surface area (Å²) in [5.74, 6) is 0.319. The number of hydrogen-bond donors (Lipinski definition) is 11. The van der Waals surface area contributed by atoms with E-state index in [1.54, 1.807) is 26.0 Å². The first-order chi connectivity index (χ1) is 24.9. The van der Waals surface area contributed by atoms with Crippen LogP contribution in [0.15, 0.2) is 31.7 Å². The number of aryl methyl sites for hydroxylation is 2. The van der Waals surface area contributed by atoms with Crippen LogP contribution in [0.2, 0.25) is 0 Å². The van der Waals surface area contributed by atoms with E-state index in [0.717, 1.165) is 11.1 Å². The van der Waals surface area contributed by atoms with Crippen molar-refractivity contribution in [1.82, 2.24) is 25.2 Å². The number of fused-ring (bicyclic) bond motifs is 3. The number of H-pyrrole nitrogens is 2. The summed E-state index contributed by atoms with van der Waals surface area (Å²) in [5.41, 5.74) is 6.59. The largest absolute Gasteiger partial charge is 0.481 e. The Morgan fingerprint density at radius 3 is 2.47 bits per heavy atom. The van der Waals surface area contributed by atoms with E-state index in [1.807, 2.05) is 0 Å². The average molecular weight is 791 g/mol. The molecule has 12 N–H and O–H groups in total. The Labute approximate surface area is 297 Å². The third-order valence-electron chi connectivity index (χ3n) is 8.83. The quantitative estimate of drug-likeness (QED) is 0.0441. The molecule has 0 amide bonds. The second-order valence-corrected chi connectivity index (χ2v) is 15.6. The van der Waals surface area contributed by atoms with Crippen LogP contribution in [0.5, 0.6) is 0 Å². The number of nitrogens with two attached hydrogens (primary N) is 1. The van der Waals surface area contributed by atoms with E-state index in [4.69, 9.17) is 15.0 Å². The number of aliphatic hydroxyl groups excluding tert-OH is 5. The van der Waals surface area contributed by atoms with E-state index in [-0.39, 0.29) is 24.5 Å². The van der Waals surface area contributed by atoms with Crippen LogP contribution in [0, 0.1) is 13.8 Å². The minimum Gasteiger partial charge on any atom is -0.388 e. The monoisotopic (exact) mass is 790 g/mol. The van der Waals surface area contributed by atoms with Gasteiger partial charge in [0.1, 0.15) is 67.2 Å². The molecule has 2 aromatic heterocycles. The maximum atomic E-state index is 12.6. The SMILES string of the molecule is Cc1cc2nc3c(=O)[nH]c(=O)[nH]c3[n+](C[C@H](O)[C@H](O)[C@H](O)COP(=O)(O)OP(=O)(O)OC[C@H]3O[C@@H](N4CN=C5C4=NCN[C@H]5N)[C@H](O)[C@@H]3O)c2cc1C. The lowest BCUT2D eigenvalue weighted by Crippen LogP contribution is -2.55. The molecule has 0 aliphatic carbocycles. The van der Waals surface area contributed by atoms with Crippen molar-refractivity contribution in [2.75, 3.05) is 26.6 Å². The summed E-state index contributed by atoms with van der Waals surface area (Å²) < 4.78 is 45.6. The van der Waals surface area contributed by atoms with Gasteiger partial charge in [0.05, 0.1) is 19.9 Å². The Bertz CT molecular complexity index is 2180. The van der Waals surface area contributed by atoms with Crippen LogP contribution in [0.1, 0.15) is 11.1 Å². The van der Waals surface area contributed by atoms with Crippen LogP contribution in [0.25, 0.3) is 22.2 Å². The number of aromatic nitrogens is 4. The van der Waals surface area contributed by atoms with E-state index in [9.17, 15) is 54.0 Å². The summed E-state index contributed by atoms with van der Waals surface area (Å²) in [6.45, 7) is 1.04. The molecular formula is C27H38N9O15P2+. The number of aliphatic imine (C=N–C) groups is 2. The van der Waals surface area contributed by atoms with Crippen molar-refractivity contribution in [2.45, 2.75) is 69.4 Å². The predicted octanol–water partition coefficient (Wildman–Crippen LogP) is -4.59. The fourth-order valence-corrected chi connectivity index (χ4v) is 8.04. The molecule has 26 heteroatoms. The average Bonchev–Trinajstić information content (AvgIpc) is 3.63. The van der Waals surface area contributed by atoms with E-state index in [2.05, 4.69) is 39.1 Å². The number of phosphoric acid groups is 2. The Morgan fingerprint density at radius 2 is 1.74 bits per heavy atom. The minimum atomic E-state index is -5.52. The zero-order valence-corrected chi connectivity index (χ0v) is 29.7. The van der Waals surface area contributed by atoms with Crippen LogP contribution in [0.4, 0.5) is 0 Å². The third-order valence-corrected chi connectivity index (χ3v) is 11.4. The first-order valence-corrected chi connectivity index (χ1v) is 18.9. The number of nitrogens with zero attached hydrogens (tertiary/aromatic N) is 5. The van der Waals surface area contributed by atoms with Gasteiger partial charge in [-0.25, -0.2) is 23.5 Å². The van der Waals surface area contributed by atoms with Crippen molar-refractivity contribution in [3.8, 4) is 0 Å². The van der Waals surface area contributed by atoms with Crippen molar-refractivity contribution >= 4 is 49.4 Å². The number of nitrogens with one attached hydrogen (secondary N) is 3. The molecule has 3 aliphatic heterocycles. The molecule has 6 rings (SSSR count). The fourth-order valence-electron chi connectivity index (χ4n) is 5.94. The van der Waals surface area contributed by atoms with Crippen LogP contribution >= 0.6 is 15.6 Å². The van der Waals surface area contributed by atoms with Crippen LogP contribution in [-0.4, -0.2) is 142 Å². The zero-order valence-electron chi connectivity index (χ0n) is 27.9. The first-order valence-electron chi connectivity index (χ1n) is 15.9. The number of amidine groups is 1. The van der Waals surface area contributed by atoms with Gasteiger partial charge in [-0.15, -0.1) is 0 Å². The Balaban J connectivity index is 1.06. The van der Waals surface area contributed by atoms with Gasteiger partial charge < -0.3 is 50.7 Å². The van der Waals surface area contributed by atoms with Gasteiger partial charge in [-0.05, 0) is 37.1 Å². The molecule has 53 heavy (non-hydrogen) atoms. The highest BCUT2D eigenvalue weighted by Crippen LogP contribution is 2.60. The van der Waals surface area contributed by atoms with Gasteiger partial charge in [0.2, 0.25) is 5.52 Å². The molecule has 10 atom stereocenters. The molecule has 3 aromatic rings. The summed E-state index contributed by atoms with van der Waals surface area (Å²) in [4.78, 5) is 63.6. The van der Waals surface area contributed by atoms with Crippen molar-refractivity contribution in [3.05, 3.63) is 44.1 Å². The summed E-state index contributed by atoms with van der Waals surface area (Å²) in [7, 11) is -11.0. The molecular weight excluding hydrogens is 752 g/mol. The van der Waals surface area contributed by atoms with Gasteiger partial charge in [0.15, 0.2) is 17.6 Å². The van der Waals surface area contributed by atoms with E-state index >= 15 is 0 Å². The Morgan fingerprint density at radius 1 is 1.04 bits per heavy atom. The molecule has 24 nitrogen and oxygen atoms in total. The maximum Gasteiger partial charge on any atom is 0.481 e. The highest BCUT2D eigenvalue weighted by atomic mass is 31.3. The van der Waals surface area contributed by atoms with Crippen LogP contribution in [0.3, 0.4) is 0 Å². The Hall–Kier alpha value is -3.42. The van der Waals surface area contributed by atoms with Gasteiger partial charge in [0.25, 0.3) is 5.56 Å². The Kier molecular flexibility index (Phi) is 11.1. The van der Waals surface area contributed by atoms with E-state index < -0.39 is 95.7 Å². The number of aromatic amines is 2. The van der Waals surface area contributed by atoms with Gasteiger partial charge in [-0.3, -0.25) is 34.1 Å². The number of benzene rings is 1. The van der Waals surface area contributed by atoms with Crippen molar-refractivity contribution in [3.63, 3.8) is 0 Å². The molecule has 5 heterocycles.